The Bertz CT molecular complexity index is 1320. The van der Waals surface area contributed by atoms with Crippen molar-refractivity contribution in [3.05, 3.63) is 41.2 Å². The van der Waals surface area contributed by atoms with Crippen LogP contribution in [0, 0.1) is 11.7 Å². The molecule has 3 heterocycles. The number of anilines is 1. The smallest absolute Gasteiger partial charge is 0.231 e. The second-order valence-electron chi connectivity index (χ2n) is 7.38. The van der Waals surface area contributed by atoms with Crippen LogP contribution in [0.1, 0.15) is 24.9 Å². The predicted octanol–water partition coefficient (Wildman–Crippen LogP) is 3.38. The Labute approximate surface area is 173 Å². The van der Waals surface area contributed by atoms with E-state index in [0.717, 1.165) is 0 Å². The van der Waals surface area contributed by atoms with E-state index in [1.807, 2.05) is 0 Å². The molecule has 0 aliphatic heterocycles. The van der Waals surface area contributed by atoms with Crippen LogP contribution in [0.5, 0.6) is 0 Å². The number of fused-ring (bicyclic) bond motifs is 2. The minimum Gasteiger partial charge on any atom is -0.324 e. The molecule has 1 aliphatic rings. The van der Waals surface area contributed by atoms with Crippen molar-refractivity contribution in [2.45, 2.75) is 25.6 Å². The summed E-state index contributed by atoms with van der Waals surface area (Å²) in [5.41, 5.74) is 7.81. The lowest BCUT2D eigenvalue weighted by Gasteiger charge is -2.14. The molecule has 1 amide bonds. The quantitative estimate of drug-likeness (QED) is 0.458. The van der Waals surface area contributed by atoms with Gasteiger partial charge in [0.2, 0.25) is 5.91 Å². The molecule has 3 atom stereocenters. The molecule has 4 aromatic rings. The van der Waals surface area contributed by atoms with Crippen LogP contribution in [0.4, 0.5) is 14.6 Å². The number of nitrogens with two attached hydrogens (primary N) is 1. The summed E-state index contributed by atoms with van der Waals surface area (Å²) in [6.07, 6.45) is 5.33. The number of amides is 1. The number of aromatic amines is 1. The van der Waals surface area contributed by atoms with Crippen LogP contribution in [-0.4, -0.2) is 36.6 Å². The molecule has 1 aromatic carbocycles. The Morgan fingerprint density at radius 2 is 2.20 bits per heavy atom. The lowest BCUT2D eigenvalue weighted by Crippen LogP contribution is -2.15. The van der Waals surface area contributed by atoms with E-state index in [-0.39, 0.29) is 22.8 Å². The molecule has 1 fully saturated rings. The molecule has 4 N–H and O–H groups in total. The second-order valence-corrected chi connectivity index (χ2v) is 7.75. The molecule has 0 bridgehead atoms. The number of H-pyrrole nitrogens is 1. The first-order valence-corrected chi connectivity index (χ1v) is 9.62. The van der Waals surface area contributed by atoms with Gasteiger partial charge in [-0.2, -0.15) is 5.10 Å². The van der Waals surface area contributed by atoms with Gasteiger partial charge in [-0.1, -0.05) is 11.6 Å². The summed E-state index contributed by atoms with van der Waals surface area (Å²) in [4.78, 5) is 20.6. The Balaban J connectivity index is 1.59. The van der Waals surface area contributed by atoms with Gasteiger partial charge < -0.3 is 15.5 Å². The summed E-state index contributed by atoms with van der Waals surface area (Å²) in [7, 11) is 0. The highest BCUT2D eigenvalue weighted by Gasteiger charge is 2.43. The summed E-state index contributed by atoms with van der Waals surface area (Å²) in [6, 6.07) is -0.592. The maximum absolute atomic E-state index is 15.0. The maximum Gasteiger partial charge on any atom is 0.231 e. The molecule has 1 aliphatic carbocycles. The van der Waals surface area contributed by atoms with Gasteiger partial charge in [-0.05, 0) is 13.3 Å². The normalized spacial score (nSPS) is 19.4. The van der Waals surface area contributed by atoms with Gasteiger partial charge in [0.25, 0.3) is 0 Å². The number of carbonyl (C=O) groups is 1. The maximum atomic E-state index is 15.0. The SMILES string of the molecule is C[C@H](N)c1c(F)c(Cl)c(-c2cn3cc(NC(=O)[C@@H]4C[C@@H]4F)nc3cn2)c2cn[nH]c12. The number of carbonyl (C=O) groups excluding carboxylic acids is 1. The number of nitrogens with zero attached hydrogens (tertiary/aromatic N) is 4. The van der Waals surface area contributed by atoms with Crippen LogP contribution < -0.4 is 11.1 Å². The Hall–Kier alpha value is -3.11. The van der Waals surface area contributed by atoms with Gasteiger partial charge in [0, 0.05) is 28.8 Å². The van der Waals surface area contributed by atoms with Gasteiger partial charge in [0.15, 0.2) is 11.5 Å². The van der Waals surface area contributed by atoms with E-state index in [1.165, 1.54) is 12.4 Å². The largest absolute Gasteiger partial charge is 0.324 e. The average molecular weight is 432 g/mol. The van der Waals surface area contributed by atoms with Crippen molar-refractivity contribution in [1.82, 2.24) is 24.6 Å². The topological polar surface area (TPSA) is 114 Å². The molecule has 0 saturated heterocycles. The predicted molar refractivity (Wildman–Crippen MR) is 107 cm³/mol. The monoisotopic (exact) mass is 431 g/mol. The third-order valence-corrected chi connectivity index (χ3v) is 5.54. The van der Waals surface area contributed by atoms with Crippen LogP contribution in [0.15, 0.2) is 24.8 Å². The minimum absolute atomic E-state index is 0.112. The molecule has 30 heavy (non-hydrogen) atoms. The zero-order chi connectivity index (χ0) is 21.2. The number of halogens is 3. The number of benzene rings is 1. The van der Waals surface area contributed by atoms with Crippen molar-refractivity contribution >= 4 is 39.9 Å². The Kier molecular flexibility index (Phi) is 4.23. The van der Waals surface area contributed by atoms with Gasteiger partial charge in [0.1, 0.15) is 12.0 Å². The number of alkyl halides is 1. The lowest BCUT2D eigenvalue weighted by molar-refractivity contribution is -0.117. The van der Waals surface area contributed by atoms with Gasteiger partial charge in [-0.3, -0.25) is 14.9 Å². The molecule has 0 radical (unpaired) electrons. The zero-order valence-corrected chi connectivity index (χ0v) is 16.4. The van der Waals surface area contributed by atoms with Crippen molar-refractivity contribution in [3.63, 3.8) is 0 Å². The van der Waals surface area contributed by atoms with Gasteiger partial charge in [0.05, 0.1) is 40.7 Å². The summed E-state index contributed by atoms with van der Waals surface area (Å²) >= 11 is 6.36. The van der Waals surface area contributed by atoms with Crippen molar-refractivity contribution in [3.8, 4) is 11.3 Å². The van der Waals surface area contributed by atoms with Crippen molar-refractivity contribution in [1.29, 1.82) is 0 Å². The summed E-state index contributed by atoms with van der Waals surface area (Å²) in [5.74, 6) is -1.39. The van der Waals surface area contributed by atoms with Crippen molar-refractivity contribution in [2.75, 3.05) is 5.32 Å². The van der Waals surface area contributed by atoms with Crippen LogP contribution >= 0.6 is 11.6 Å². The van der Waals surface area contributed by atoms with Crippen LogP contribution in [0.2, 0.25) is 5.02 Å². The first-order valence-electron chi connectivity index (χ1n) is 9.24. The molecule has 3 aromatic heterocycles. The van der Waals surface area contributed by atoms with Crippen LogP contribution in [0.3, 0.4) is 0 Å². The lowest BCUT2D eigenvalue weighted by atomic mass is 9.99. The van der Waals surface area contributed by atoms with Crippen LogP contribution in [-0.2, 0) is 4.79 Å². The molecular formula is C19H16ClF2N7O. The average Bonchev–Trinajstić information content (AvgIpc) is 3.08. The molecular weight excluding hydrogens is 416 g/mol. The fourth-order valence-corrected chi connectivity index (χ4v) is 3.86. The summed E-state index contributed by atoms with van der Waals surface area (Å²) in [5, 5.41) is 9.85. The fourth-order valence-electron chi connectivity index (χ4n) is 3.56. The first-order chi connectivity index (χ1) is 14.3. The third kappa shape index (κ3) is 2.91. The molecule has 5 rings (SSSR count). The van der Waals surface area contributed by atoms with E-state index in [4.69, 9.17) is 17.3 Å². The number of hydrogen-bond acceptors (Lipinski definition) is 5. The Morgan fingerprint density at radius 3 is 2.90 bits per heavy atom. The first kappa shape index (κ1) is 18.9. The highest BCUT2D eigenvalue weighted by molar-refractivity contribution is 6.35. The summed E-state index contributed by atoms with van der Waals surface area (Å²) in [6.45, 7) is 1.66. The van der Waals surface area contributed by atoms with E-state index in [0.29, 0.717) is 27.8 Å². The van der Waals surface area contributed by atoms with E-state index in [2.05, 4.69) is 25.5 Å². The number of hydrogen-bond donors (Lipinski definition) is 3. The van der Waals surface area contributed by atoms with Gasteiger partial charge in [-0.15, -0.1) is 0 Å². The number of nitrogens with one attached hydrogen (secondary N) is 2. The Morgan fingerprint density at radius 1 is 1.43 bits per heavy atom. The van der Waals surface area contributed by atoms with Gasteiger partial charge >= 0.3 is 0 Å². The molecule has 11 heteroatoms. The fraction of sp³-hybridized carbons (Fsp3) is 0.263. The third-order valence-electron chi connectivity index (χ3n) is 5.18. The molecule has 0 spiro atoms. The minimum atomic E-state index is -1.09. The van der Waals surface area contributed by atoms with Crippen LogP contribution in [0.25, 0.3) is 27.8 Å². The zero-order valence-electron chi connectivity index (χ0n) is 15.7. The van der Waals surface area contributed by atoms with E-state index in [1.54, 1.807) is 23.7 Å². The summed E-state index contributed by atoms with van der Waals surface area (Å²) < 4.78 is 29.7. The van der Waals surface area contributed by atoms with Crippen molar-refractivity contribution in [2.24, 2.45) is 11.7 Å². The standard InChI is InChI=1S/C19H16ClF2N7O/c1-7(23)14-17(22)16(20)15(9-3-25-28-18(9)14)11-5-29-6-12(26-13(29)4-24-11)27-19(30)8-2-10(8)21/h3-8,10H,2,23H2,1H3,(H,25,28)(H,27,30)/t7-,8+,10-/m0/s1. The number of rotatable bonds is 4. The molecule has 154 valence electrons. The van der Waals surface area contributed by atoms with E-state index >= 15 is 0 Å². The van der Waals surface area contributed by atoms with E-state index < -0.39 is 29.9 Å². The number of imidazole rings is 1. The van der Waals surface area contributed by atoms with E-state index in [9.17, 15) is 13.6 Å². The molecule has 0 unspecified atom stereocenters. The highest BCUT2D eigenvalue weighted by Crippen LogP contribution is 2.40. The molecule has 1 saturated carbocycles. The second kappa shape index (κ2) is 6.71. The molecule has 8 nitrogen and oxygen atoms in total. The van der Waals surface area contributed by atoms with Crippen molar-refractivity contribution < 1.29 is 13.6 Å². The van der Waals surface area contributed by atoms with Gasteiger partial charge in [-0.25, -0.2) is 13.8 Å². The highest BCUT2D eigenvalue weighted by atomic mass is 35.5. The number of aromatic nitrogens is 5.